The lowest BCUT2D eigenvalue weighted by atomic mass is 10.2. The number of fused-ring (bicyclic) bond motifs is 1. The smallest absolute Gasteiger partial charge is 0.113 e. The van der Waals surface area contributed by atoms with Crippen molar-refractivity contribution >= 4 is 16.7 Å². The molecule has 0 aliphatic rings. The molecule has 140 valence electrons. The van der Waals surface area contributed by atoms with Gasteiger partial charge in [0.25, 0.3) is 0 Å². The Labute approximate surface area is 168 Å². The first-order chi connectivity index (χ1) is 14.6. The van der Waals surface area contributed by atoms with Gasteiger partial charge in [-0.2, -0.15) is 4.80 Å². The van der Waals surface area contributed by atoms with Crippen LogP contribution in [0, 0.1) is 0 Å². The van der Waals surface area contributed by atoms with Crippen LogP contribution < -0.4 is 4.90 Å². The molecule has 0 unspecified atom stereocenters. The highest BCUT2D eigenvalue weighted by atomic mass is 15.5. The fourth-order valence-electron chi connectivity index (χ4n) is 2.81. The topological polar surface area (TPSA) is 34.0 Å². The zero-order chi connectivity index (χ0) is 21.5. The maximum absolute atomic E-state index is 8.34. The van der Waals surface area contributed by atoms with Gasteiger partial charge in [-0.1, -0.05) is 49.6 Å². The van der Waals surface area contributed by atoms with Crippen molar-refractivity contribution in [3.63, 3.8) is 0 Å². The molecule has 1 aromatic heterocycles. The summed E-state index contributed by atoms with van der Waals surface area (Å²) in [5.74, 6) is 0. The standard InChI is InChI=1S/C24H24N4/c1-5-8-12-19(4)27(20(7-3)11-6-2)21-15-17-22(18-16-21)28-25-23-13-9-10-14-24(23)26-28/h5-18H,1,4H2,2-3H3/b11-6-,12-8-,20-7+/i2D,11D. The first-order valence-corrected chi connectivity index (χ1v) is 8.92. The third-order valence-electron chi connectivity index (χ3n) is 4.10. The van der Waals surface area contributed by atoms with Crippen molar-refractivity contribution in [1.82, 2.24) is 15.0 Å². The largest absolute Gasteiger partial charge is 0.311 e. The van der Waals surface area contributed by atoms with Crippen LogP contribution in [-0.4, -0.2) is 15.0 Å². The number of hydrogen-bond donors (Lipinski definition) is 0. The number of anilines is 1. The summed E-state index contributed by atoms with van der Waals surface area (Å²) in [7, 11) is 0. The van der Waals surface area contributed by atoms with Gasteiger partial charge in [-0.25, -0.2) is 0 Å². The van der Waals surface area contributed by atoms with Gasteiger partial charge in [0.2, 0.25) is 0 Å². The maximum Gasteiger partial charge on any atom is 0.113 e. The Hall–Kier alpha value is -3.66. The highest BCUT2D eigenvalue weighted by molar-refractivity contribution is 5.73. The Bertz CT molecular complexity index is 1100. The molecule has 0 fully saturated rings. The lowest BCUT2D eigenvalue weighted by Gasteiger charge is -2.26. The Morgan fingerprint density at radius 3 is 2.39 bits per heavy atom. The van der Waals surface area contributed by atoms with Gasteiger partial charge in [0, 0.05) is 18.5 Å². The molecule has 0 amide bonds. The van der Waals surface area contributed by atoms with E-state index in [1.807, 2.05) is 72.5 Å². The van der Waals surface area contributed by atoms with Crippen LogP contribution in [0.4, 0.5) is 5.69 Å². The fraction of sp³-hybridized carbons (Fsp3) is 0.0833. The van der Waals surface area contributed by atoms with Crippen LogP contribution in [-0.2, 0) is 0 Å². The number of benzene rings is 2. The van der Waals surface area contributed by atoms with E-state index >= 15 is 0 Å². The average Bonchev–Trinajstić information content (AvgIpc) is 3.20. The molecule has 0 spiro atoms. The van der Waals surface area contributed by atoms with Crippen LogP contribution in [0.5, 0.6) is 0 Å². The van der Waals surface area contributed by atoms with E-state index in [9.17, 15) is 0 Å². The first kappa shape index (κ1) is 16.5. The number of allylic oxidation sites excluding steroid dienone is 6. The van der Waals surface area contributed by atoms with Gasteiger partial charge in [-0.05, 0) is 62.3 Å². The van der Waals surface area contributed by atoms with Gasteiger partial charge in [-0.3, -0.25) is 0 Å². The van der Waals surface area contributed by atoms with Crippen LogP contribution in [0.1, 0.15) is 16.6 Å². The van der Waals surface area contributed by atoms with E-state index in [-0.39, 0.29) is 13.0 Å². The predicted molar refractivity (Wildman–Crippen MR) is 118 cm³/mol. The van der Waals surface area contributed by atoms with Crippen LogP contribution >= 0.6 is 0 Å². The van der Waals surface area contributed by atoms with E-state index in [0.29, 0.717) is 11.4 Å². The molecule has 1 heterocycles. The van der Waals surface area contributed by atoms with Crippen LogP contribution in [0.3, 0.4) is 0 Å². The minimum atomic E-state index is 0.0381. The third kappa shape index (κ3) is 4.01. The first-order valence-electron chi connectivity index (χ1n) is 10.1. The van der Waals surface area contributed by atoms with Crippen molar-refractivity contribution in [3.8, 4) is 5.69 Å². The zero-order valence-corrected chi connectivity index (χ0v) is 15.9. The van der Waals surface area contributed by atoms with E-state index in [2.05, 4.69) is 23.4 Å². The lowest BCUT2D eigenvalue weighted by Crippen LogP contribution is -2.19. The predicted octanol–water partition coefficient (Wildman–Crippen LogP) is 5.96. The van der Waals surface area contributed by atoms with Gasteiger partial charge in [-0.15, -0.1) is 10.2 Å². The molecule has 3 rings (SSSR count). The second-order valence-corrected chi connectivity index (χ2v) is 5.94. The molecule has 0 aliphatic carbocycles. The highest BCUT2D eigenvalue weighted by Gasteiger charge is 2.12. The molecular formula is C24H24N4. The molecule has 0 radical (unpaired) electrons. The maximum atomic E-state index is 8.34. The second-order valence-electron chi connectivity index (χ2n) is 5.94. The van der Waals surface area contributed by atoms with Crippen molar-refractivity contribution < 1.29 is 2.74 Å². The second kappa shape index (κ2) is 8.82. The summed E-state index contributed by atoms with van der Waals surface area (Å²) in [5, 5.41) is 9.04. The molecule has 0 aliphatic heterocycles. The molecular weight excluding hydrogens is 344 g/mol. The monoisotopic (exact) mass is 370 g/mol. The van der Waals surface area contributed by atoms with Crippen LogP contribution in [0.15, 0.2) is 110 Å². The van der Waals surface area contributed by atoms with E-state index < -0.39 is 0 Å². The van der Waals surface area contributed by atoms with Crippen molar-refractivity contribution in [2.75, 3.05) is 4.90 Å². The van der Waals surface area contributed by atoms with E-state index in [4.69, 9.17) is 2.74 Å². The summed E-state index contributed by atoms with van der Waals surface area (Å²) >= 11 is 0. The summed E-state index contributed by atoms with van der Waals surface area (Å²) in [6.07, 6.45) is 8.71. The fourth-order valence-corrected chi connectivity index (χ4v) is 2.81. The van der Waals surface area contributed by atoms with Gasteiger partial charge < -0.3 is 4.90 Å². The molecule has 28 heavy (non-hydrogen) atoms. The third-order valence-corrected chi connectivity index (χ3v) is 4.10. The number of rotatable bonds is 7. The molecule has 0 saturated carbocycles. The molecule has 4 nitrogen and oxygen atoms in total. The van der Waals surface area contributed by atoms with Gasteiger partial charge >= 0.3 is 0 Å². The molecule has 0 bridgehead atoms. The van der Waals surface area contributed by atoms with Crippen LogP contribution in [0.25, 0.3) is 16.7 Å². The zero-order valence-electron chi connectivity index (χ0n) is 17.9. The van der Waals surface area contributed by atoms with Crippen molar-refractivity contribution in [2.45, 2.75) is 13.8 Å². The van der Waals surface area contributed by atoms with Gasteiger partial charge in [0.15, 0.2) is 0 Å². The highest BCUT2D eigenvalue weighted by Crippen LogP contribution is 2.26. The van der Waals surface area contributed by atoms with E-state index in [1.54, 1.807) is 23.0 Å². The quantitative estimate of drug-likeness (QED) is 0.481. The van der Waals surface area contributed by atoms with Gasteiger partial charge in [0.05, 0.1) is 7.06 Å². The SMILES string of the molecule is [2H]C/C=C([2H])\C(=C/C)N(C(=C)/C=C\C=C)c1ccc(-n2nc3ccccc3n2)cc1. The molecule has 2 aromatic carbocycles. The lowest BCUT2D eigenvalue weighted by molar-refractivity contribution is 0.765. The van der Waals surface area contributed by atoms with E-state index in [1.165, 1.54) is 0 Å². The summed E-state index contributed by atoms with van der Waals surface area (Å²) in [6.45, 7) is 9.77. The van der Waals surface area contributed by atoms with Gasteiger partial charge in [0.1, 0.15) is 11.0 Å². The summed E-state index contributed by atoms with van der Waals surface area (Å²) in [5.41, 5.74) is 4.67. The van der Waals surface area contributed by atoms with E-state index in [0.717, 1.165) is 22.4 Å². The molecule has 0 atom stereocenters. The number of hydrogen-bond acceptors (Lipinski definition) is 3. The van der Waals surface area contributed by atoms with Crippen molar-refractivity contribution in [3.05, 3.63) is 110 Å². The molecule has 4 heteroatoms. The summed E-state index contributed by atoms with van der Waals surface area (Å²) in [6, 6.07) is 15.7. The Kier molecular flexibility index (Phi) is 5.20. The normalized spacial score (nSPS) is 13.5. The minimum Gasteiger partial charge on any atom is -0.311 e. The Morgan fingerprint density at radius 2 is 1.82 bits per heavy atom. The number of nitrogens with zero attached hydrogens (tertiary/aromatic N) is 4. The summed E-state index contributed by atoms with van der Waals surface area (Å²) in [4.78, 5) is 3.49. The van der Waals surface area contributed by atoms with Crippen molar-refractivity contribution in [2.24, 2.45) is 0 Å². The average molecular weight is 370 g/mol. The molecule has 0 N–H and O–H groups in total. The Morgan fingerprint density at radius 1 is 1.14 bits per heavy atom. The molecule has 0 saturated heterocycles. The molecule has 3 aromatic rings. The Balaban J connectivity index is 2.00. The summed E-state index contributed by atoms with van der Waals surface area (Å²) < 4.78 is 15.8. The number of aromatic nitrogens is 3. The van der Waals surface area contributed by atoms with Crippen molar-refractivity contribution in [1.29, 1.82) is 0 Å². The minimum absolute atomic E-state index is 0.0381. The van der Waals surface area contributed by atoms with Crippen LogP contribution in [0.2, 0.25) is 0 Å².